The van der Waals surface area contributed by atoms with E-state index in [0.717, 1.165) is 24.4 Å². The molecule has 2 aromatic heterocycles. The number of carboxylic acid groups (broad SMARTS) is 1. The van der Waals surface area contributed by atoms with Gasteiger partial charge in [-0.25, -0.2) is 4.79 Å². The fourth-order valence-electron chi connectivity index (χ4n) is 2.35. The van der Waals surface area contributed by atoms with Crippen molar-refractivity contribution in [3.05, 3.63) is 35.4 Å². The minimum atomic E-state index is -1.05. The van der Waals surface area contributed by atoms with E-state index in [1.165, 1.54) is 16.9 Å². The third kappa shape index (κ3) is 4.67. The van der Waals surface area contributed by atoms with Crippen molar-refractivity contribution in [3.8, 4) is 0 Å². The van der Waals surface area contributed by atoms with Crippen molar-refractivity contribution in [2.24, 2.45) is 0 Å². The largest absolute Gasteiger partial charge is 0.477 e. The molecule has 8 heteroatoms. The molecule has 23 heavy (non-hydrogen) atoms. The third-order valence-corrected chi connectivity index (χ3v) is 3.46. The molecule has 1 amide bonds. The van der Waals surface area contributed by atoms with Crippen LogP contribution in [0.1, 0.15) is 34.7 Å². The second-order valence-electron chi connectivity index (χ2n) is 5.35. The Morgan fingerprint density at radius 1 is 1.26 bits per heavy atom. The van der Waals surface area contributed by atoms with Gasteiger partial charge in [0.05, 0.1) is 12.2 Å². The number of amides is 1. The summed E-state index contributed by atoms with van der Waals surface area (Å²) < 4.78 is 3.24. The van der Waals surface area contributed by atoms with Crippen LogP contribution in [0.5, 0.6) is 0 Å². The molecule has 0 atom stereocenters. The van der Waals surface area contributed by atoms with Crippen LogP contribution in [0.25, 0.3) is 0 Å². The molecule has 0 saturated carbocycles. The summed E-state index contributed by atoms with van der Waals surface area (Å²) in [5.41, 5.74) is 2.18. The van der Waals surface area contributed by atoms with Crippen molar-refractivity contribution < 1.29 is 14.7 Å². The minimum Gasteiger partial charge on any atom is -0.477 e. The highest BCUT2D eigenvalue weighted by Gasteiger charge is 2.11. The van der Waals surface area contributed by atoms with Crippen LogP contribution in [-0.4, -0.2) is 43.1 Å². The number of carboxylic acids is 1. The van der Waals surface area contributed by atoms with Gasteiger partial charge in [-0.15, -0.1) is 0 Å². The smallest absolute Gasteiger partial charge is 0.354 e. The maximum Gasteiger partial charge on any atom is 0.354 e. The normalized spacial score (nSPS) is 10.7. The molecule has 2 aromatic rings. The number of nitrogens with zero attached hydrogens (tertiary/aromatic N) is 4. The van der Waals surface area contributed by atoms with Crippen LogP contribution in [0.3, 0.4) is 0 Å². The minimum absolute atomic E-state index is 0.0855. The zero-order valence-electron chi connectivity index (χ0n) is 13.3. The Labute approximate surface area is 134 Å². The quantitative estimate of drug-likeness (QED) is 0.707. The molecule has 0 aliphatic rings. The molecular weight excluding hydrogens is 298 g/mol. The Balaban J connectivity index is 1.68. The van der Waals surface area contributed by atoms with Gasteiger partial charge in [0, 0.05) is 31.4 Å². The molecule has 0 aliphatic heterocycles. The molecule has 0 spiro atoms. The van der Waals surface area contributed by atoms with E-state index in [1.807, 2.05) is 24.6 Å². The third-order valence-electron chi connectivity index (χ3n) is 3.46. The van der Waals surface area contributed by atoms with Crippen molar-refractivity contribution in [1.29, 1.82) is 0 Å². The van der Waals surface area contributed by atoms with Crippen LogP contribution in [0.2, 0.25) is 0 Å². The molecule has 124 valence electrons. The highest BCUT2D eigenvalue weighted by atomic mass is 16.4. The highest BCUT2D eigenvalue weighted by Crippen LogP contribution is 2.02. The maximum absolute atomic E-state index is 11.8. The van der Waals surface area contributed by atoms with E-state index in [9.17, 15) is 9.59 Å². The summed E-state index contributed by atoms with van der Waals surface area (Å²) in [4.78, 5) is 22.7. The first-order chi connectivity index (χ1) is 11.0. The first-order valence-corrected chi connectivity index (χ1v) is 7.50. The summed E-state index contributed by atoms with van der Waals surface area (Å²) >= 11 is 0. The predicted molar refractivity (Wildman–Crippen MR) is 83.1 cm³/mol. The first-order valence-electron chi connectivity index (χ1n) is 7.50. The summed E-state index contributed by atoms with van der Waals surface area (Å²) in [6, 6.07) is 3.43. The number of nitrogens with one attached hydrogen (secondary N) is 1. The summed E-state index contributed by atoms with van der Waals surface area (Å²) in [6.07, 6.45) is 2.40. The Kier molecular flexibility index (Phi) is 5.51. The van der Waals surface area contributed by atoms with Crippen LogP contribution >= 0.6 is 0 Å². The maximum atomic E-state index is 11.8. The second-order valence-corrected chi connectivity index (χ2v) is 5.35. The van der Waals surface area contributed by atoms with Crippen molar-refractivity contribution in [2.45, 2.75) is 39.8 Å². The molecule has 2 N–H and O–H groups in total. The summed E-state index contributed by atoms with van der Waals surface area (Å²) in [5.74, 6) is -1.17. The average molecular weight is 319 g/mol. The van der Waals surface area contributed by atoms with Gasteiger partial charge in [0.25, 0.3) is 0 Å². The molecule has 0 aliphatic carbocycles. The lowest BCUT2D eigenvalue weighted by Crippen LogP contribution is -2.27. The molecule has 0 saturated heterocycles. The monoisotopic (exact) mass is 319 g/mol. The lowest BCUT2D eigenvalue weighted by atomic mass is 10.3. The van der Waals surface area contributed by atoms with Gasteiger partial charge < -0.3 is 10.4 Å². The molecule has 2 rings (SSSR count). The van der Waals surface area contributed by atoms with E-state index in [-0.39, 0.29) is 24.6 Å². The summed E-state index contributed by atoms with van der Waals surface area (Å²) in [5, 5.41) is 20.0. The van der Waals surface area contributed by atoms with Gasteiger partial charge in [0.15, 0.2) is 0 Å². The predicted octanol–water partition coefficient (Wildman–Crippen LogP) is 0.991. The van der Waals surface area contributed by atoms with Crippen molar-refractivity contribution >= 4 is 11.9 Å². The molecule has 8 nitrogen and oxygen atoms in total. The fourth-order valence-corrected chi connectivity index (χ4v) is 2.35. The van der Waals surface area contributed by atoms with Crippen molar-refractivity contribution in [2.75, 3.05) is 6.54 Å². The Bertz CT molecular complexity index is 689. The number of carbonyl (C=O) groups is 2. The number of carbonyl (C=O) groups excluding carboxylic acids is 1. The number of aromatic carboxylic acids is 1. The molecule has 0 radical (unpaired) electrons. The molecule has 0 aromatic carbocycles. The standard InChI is InChI=1S/C15H21N5O3/c1-11-10-12(2)19(18-11)8-3-6-16-14(21)5-9-20-13(15(22)23)4-7-17-20/h4,7,10H,3,5-6,8-9H2,1-2H3,(H,16,21)(H,22,23). The highest BCUT2D eigenvalue weighted by molar-refractivity contribution is 5.85. The number of hydrogen-bond acceptors (Lipinski definition) is 4. The van der Waals surface area contributed by atoms with Crippen LogP contribution in [0, 0.1) is 13.8 Å². The van der Waals surface area contributed by atoms with Gasteiger partial charge in [-0.05, 0) is 32.4 Å². The molecular formula is C15H21N5O3. The van der Waals surface area contributed by atoms with Crippen molar-refractivity contribution in [1.82, 2.24) is 24.9 Å². The number of aryl methyl sites for hydroxylation is 4. The van der Waals surface area contributed by atoms with Gasteiger partial charge in [-0.3, -0.25) is 14.2 Å². The molecule has 0 unspecified atom stereocenters. The van der Waals surface area contributed by atoms with E-state index in [2.05, 4.69) is 15.5 Å². The lowest BCUT2D eigenvalue weighted by Gasteiger charge is -2.07. The van der Waals surface area contributed by atoms with Crippen molar-refractivity contribution in [3.63, 3.8) is 0 Å². The van der Waals surface area contributed by atoms with Crippen LogP contribution in [0.15, 0.2) is 18.3 Å². The van der Waals surface area contributed by atoms with Gasteiger partial charge in [0.1, 0.15) is 5.69 Å². The molecule has 0 bridgehead atoms. The summed E-state index contributed by atoms with van der Waals surface area (Å²) in [6.45, 7) is 5.51. The molecule has 0 fully saturated rings. The van der Waals surface area contributed by atoms with E-state index in [0.29, 0.717) is 6.54 Å². The average Bonchev–Trinajstić information content (AvgIpc) is 3.08. The van der Waals surface area contributed by atoms with Gasteiger partial charge >= 0.3 is 5.97 Å². The van der Waals surface area contributed by atoms with E-state index in [4.69, 9.17) is 5.11 Å². The SMILES string of the molecule is Cc1cc(C)n(CCCNC(=O)CCn2nccc2C(=O)O)n1. The number of hydrogen-bond donors (Lipinski definition) is 2. The first kappa shape index (κ1) is 16.7. The topological polar surface area (TPSA) is 102 Å². The molecule has 2 heterocycles. The Morgan fingerprint density at radius 3 is 2.70 bits per heavy atom. The van der Waals surface area contributed by atoms with Crippen LogP contribution in [-0.2, 0) is 17.9 Å². The zero-order chi connectivity index (χ0) is 16.8. The number of rotatable bonds is 8. The van der Waals surface area contributed by atoms with Gasteiger partial charge in [-0.1, -0.05) is 0 Å². The zero-order valence-corrected chi connectivity index (χ0v) is 13.3. The second kappa shape index (κ2) is 7.57. The Hall–Kier alpha value is -2.64. The summed E-state index contributed by atoms with van der Waals surface area (Å²) in [7, 11) is 0. The van der Waals surface area contributed by atoms with E-state index < -0.39 is 5.97 Å². The Morgan fingerprint density at radius 2 is 2.04 bits per heavy atom. The van der Waals surface area contributed by atoms with Crippen LogP contribution < -0.4 is 5.32 Å². The van der Waals surface area contributed by atoms with Gasteiger partial charge in [-0.2, -0.15) is 10.2 Å². The van der Waals surface area contributed by atoms with Crippen LogP contribution in [0.4, 0.5) is 0 Å². The fraction of sp³-hybridized carbons (Fsp3) is 0.467. The number of aromatic nitrogens is 4. The van der Waals surface area contributed by atoms with Gasteiger partial charge in [0.2, 0.25) is 5.91 Å². The lowest BCUT2D eigenvalue weighted by molar-refractivity contribution is -0.121. The van der Waals surface area contributed by atoms with E-state index in [1.54, 1.807) is 0 Å². The van der Waals surface area contributed by atoms with E-state index >= 15 is 0 Å².